The van der Waals surface area contributed by atoms with Gasteiger partial charge in [-0.2, -0.15) is 0 Å². The molecule has 0 saturated carbocycles. The molecule has 0 fully saturated rings. The van der Waals surface area contributed by atoms with Crippen molar-refractivity contribution in [1.29, 1.82) is 0 Å². The Kier molecular flexibility index (Phi) is 4.79. The van der Waals surface area contributed by atoms with Crippen molar-refractivity contribution in [2.45, 2.75) is 13.1 Å². The summed E-state index contributed by atoms with van der Waals surface area (Å²) in [5, 5.41) is 6.93. The molecule has 0 saturated heterocycles. The highest BCUT2D eigenvalue weighted by molar-refractivity contribution is 7.80. The van der Waals surface area contributed by atoms with Crippen LogP contribution in [0.1, 0.15) is 11.1 Å². The first-order chi connectivity index (χ1) is 9.63. The summed E-state index contributed by atoms with van der Waals surface area (Å²) in [6.45, 7) is 1.35. The molecule has 0 aromatic heterocycles. The molecular weight excluding hydrogens is 268 g/mol. The van der Waals surface area contributed by atoms with Crippen molar-refractivity contribution in [2.75, 3.05) is 11.5 Å². The number of hydrogen-bond acceptors (Lipinski definition) is 3. The molecule has 0 amide bonds. The van der Waals surface area contributed by atoms with Gasteiger partial charge in [0.2, 0.25) is 0 Å². The Hall–Kier alpha value is -2.27. The third-order valence-electron chi connectivity index (χ3n) is 2.87. The number of thiocarbonyl (C=S) groups is 1. The minimum atomic E-state index is 0.624. The van der Waals surface area contributed by atoms with Gasteiger partial charge in [0.05, 0.1) is 0 Å². The van der Waals surface area contributed by atoms with Gasteiger partial charge in [-0.15, -0.1) is 0 Å². The maximum absolute atomic E-state index is 5.64. The predicted octanol–water partition coefficient (Wildman–Crippen LogP) is 2.02. The Morgan fingerprint density at radius 3 is 1.45 bits per heavy atom. The van der Waals surface area contributed by atoms with Crippen LogP contribution >= 0.6 is 12.2 Å². The molecule has 5 heteroatoms. The summed E-state index contributed by atoms with van der Waals surface area (Å²) in [5.41, 5.74) is 15.1. The van der Waals surface area contributed by atoms with Crippen LogP contribution in [-0.2, 0) is 13.1 Å². The van der Waals surface area contributed by atoms with Crippen molar-refractivity contribution in [3.63, 3.8) is 0 Å². The SMILES string of the molecule is Nc1ccc(CNC(=S)NCc2ccc(N)cc2)cc1. The van der Waals surface area contributed by atoms with Gasteiger partial charge >= 0.3 is 0 Å². The van der Waals surface area contributed by atoms with E-state index in [0.717, 1.165) is 22.5 Å². The number of nitrogens with two attached hydrogens (primary N) is 2. The van der Waals surface area contributed by atoms with Crippen LogP contribution < -0.4 is 22.1 Å². The molecule has 2 rings (SSSR count). The van der Waals surface area contributed by atoms with Gasteiger partial charge in [-0.3, -0.25) is 0 Å². The molecule has 0 spiro atoms. The largest absolute Gasteiger partial charge is 0.399 e. The monoisotopic (exact) mass is 286 g/mol. The lowest BCUT2D eigenvalue weighted by molar-refractivity contribution is 0.833. The topological polar surface area (TPSA) is 76.1 Å². The molecule has 2 aromatic carbocycles. The van der Waals surface area contributed by atoms with Crippen molar-refractivity contribution in [1.82, 2.24) is 10.6 Å². The summed E-state index contributed by atoms with van der Waals surface area (Å²) in [4.78, 5) is 0. The van der Waals surface area contributed by atoms with Crippen LogP contribution in [0.3, 0.4) is 0 Å². The van der Waals surface area contributed by atoms with Crippen LogP contribution in [0.15, 0.2) is 48.5 Å². The third kappa shape index (κ3) is 4.44. The lowest BCUT2D eigenvalue weighted by Crippen LogP contribution is -2.34. The fourth-order valence-corrected chi connectivity index (χ4v) is 1.84. The van der Waals surface area contributed by atoms with E-state index in [1.54, 1.807) is 0 Å². The van der Waals surface area contributed by atoms with E-state index in [4.69, 9.17) is 23.7 Å². The van der Waals surface area contributed by atoms with Gasteiger partial charge in [0.15, 0.2) is 5.11 Å². The first-order valence-electron chi connectivity index (χ1n) is 6.34. The Labute approximate surface area is 124 Å². The molecule has 2 aromatic rings. The van der Waals surface area contributed by atoms with Crippen LogP contribution in [0.25, 0.3) is 0 Å². The van der Waals surface area contributed by atoms with E-state index in [1.165, 1.54) is 0 Å². The molecule has 104 valence electrons. The highest BCUT2D eigenvalue weighted by Gasteiger charge is 1.98. The number of nitrogen functional groups attached to an aromatic ring is 2. The standard InChI is InChI=1S/C15H18N4S/c16-13-5-1-11(2-6-13)9-18-15(20)19-10-12-3-7-14(17)8-4-12/h1-8H,9-10,16-17H2,(H2,18,19,20). The average molecular weight is 286 g/mol. The van der Waals surface area contributed by atoms with Crippen molar-refractivity contribution in [3.05, 3.63) is 59.7 Å². The Morgan fingerprint density at radius 2 is 1.10 bits per heavy atom. The third-order valence-corrected chi connectivity index (χ3v) is 3.15. The van der Waals surface area contributed by atoms with Gasteiger partial charge in [0.1, 0.15) is 0 Å². The highest BCUT2D eigenvalue weighted by atomic mass is 32.1. The Morgan fingerprint density at radius 1 is 0.750 bits per heavy atom. The van der Waals surface area contributed by atoms with Crippen molar-refractivity contribution in [3.8, 4) is 0 Å². The van der Waals surface area contributed by atoms with E-state index in [1.807, 2.05) is 48.5 Å². The van der Waals surface area contributed by atoms with Gasteiger partial charge in [-0.05, 0) is 47.6 Å². The molecule has 0 aliphatic rings. The highest BCUT2D eigenvalue weighted by Crippen LogP contribution is 2.06. The van der Waals surface area contributed by atoms with Gasteiger partial charge in [0.25, 0.3) is 0 Å². The molecule has 0 aliphatic carbocycles. The molecule has 0 radical (unpaired) electrons. The summed E-state index contributed by atoms with van der Waals surface area (Å²) in [6.07, 6.45) is 0. The molecule has 4 nitrogen and oxygen atoms in total. The summed E-state index contributed by atoms with van der Waals surface area (Å²) >= 11 is 5.23. The lowest BCUT2D eigenvalue weighted by Gasteiger charge is -2.11. The minimum Gasteiger partial charge on any atom is -0.399 e. The quantitative estimate of drug-likeness (QED) is 0.511. The van der Waals surface area contributed by atoms with Crippen LogP contribution in [0, 0.1) is 0 Å². The molecular formula is C15H18N4S. The van der Waals surface area contributed by atoms with Crippen molar-refractivity contribution in [2.24, 2.45) is 0 Å². The molecule has 0 unspecified atom stereocenters. The lowest BCUT2D eigenvalue weighted by atomic mass is 10.2. The minimum absolute atomic E-state index is 0.624. The molecule has 0 bridgehead atoms. The molecule has 0 atom stereocenters. The molecule has 20 heavy (non-hydrogen) atoms. The smallest absolute Gasteiger partial charge is 0.166 e. The van der Waals surface area contributed by atoms with E-state index in [-0.39, 0.29) is 0 Å². The fourth-order valence-electron chi connectivity index (χ4n) is 1.70. The van der Waals surface area contributed by atoms with Crippen LogP contribution in [0.5, 0.6) is 0 Å². The number of benzene rings is 2. The van der Waals surface area contributed by atoms with E-state index < -0.39 is 0 Å². The van der Waals surface area contributed by atoms with Gasteiger partial charge in [-0.1, -0.05) is 24.3 Å². The zero-order valence-electron chi connectivity index (χ0n) is 11.1. The van der Waals surface area contributed by atoms with Crippen LogP contribution in [0.4, 0.5) is 11.4 Å². The van der Waals surface area contributed by atoms with Crippen molar-refractivity contribution < 1.29 is 0 Å². The van der Waals surface area contributed by atoms with Gasteiger partial charge < -0.3 is 22.1 Å². The maximum atomic E-state index is 5.64. The first-order valence-corrected chi connectivity index (χ1v) is 6.75. The summed E-state index contributed by atoms with van der Waals surface area (Å²) in [7, 11) is 0. The van der Waals surface area contributed by atoms with E-state index in [2.05, 4.69) is 10.6 Å². The summed E-state index contributed by atoms with van der Waals surface area (Å²) in [5.74, 6) is 0. The molecule has 0 heterocycles. The Bertz CT molecular complexity index is 512. The number of hydrogen-bond donors (Lipinski definition) is 4. The van der Waals surface area contributed by atoms with Crippen molar-refractivity contribution >= 4 is 28.7 Å². The fraction of sp³-hybridized carbons (Fsp3) is 0.133. The molecule has 0 aliphatic heterocycles. The van der Waals surface area contributed by atoms with Gasteiger partial charge in [0, 0.05) is 24.5 Å². The van der Waals surface area contributed by atoms with Crippen LogP contribution in [-0.4, -0.2) is 5.11 Å². The summed E-state index contributed by atoms with van der Waals surface area (Å²) in [6, 6.07) is 15.4. The predicted molar refractivity (Wildman–Crippen MR) is 88.0 cm³/mol. The molecule has 6 N–H and O–H groups in total. The second-order valence-electron chi connectivity index (χ2n) is 4.52. The van der Waals surface area contributed by atoms with E-state index in [0.29, 0.717) is 18.2 Å². The zero-order valence-corrected chi connectivity index (χ0v) is 11.9. The maximum Gasteiger partial charge on any atom is 0.166 e. The average Bonchev–Trinajstić information content (AvgIpc) is 2.46. The van der Waals surface area contributed by atoms with E-state index in [9.17, 15) is 0 Å². The summed E-state index contributed by atoms with van der Waals surface area (Å²) < 4.78 is 0. The number of anilines is 2. The van der Waals surface area contributed by atoms with Gasteiger partial charge in [-0.25, -0.2) is 0 Å². The van der Waals surface area contributed by atoms with Crippen LogP contribution in [0.2, 0.25) is 0 Å². The Balaban J connectivity index is 1.75. The first kappa shape index (κ1) is 14.1. The second kappa shape index (κ2) is 6.77. The zero-order chi connectivity index (χ0) is 14.4. The number of nitrogens with one attached hydrogen (secondary N) is 2. The van der Waals surface area contributed by atoms with E-state index >= 15 is 0 Å². The second-order valence-corrected chi connectivity index (χ2v) is 4.93. The number of rotatable bonds is 4. The normalized spacial score (nSPS) is 10.0.